The summed E-state index contributed by atoms with van der Waals surface area (Å²) in [6, 6.07) is 12.2. The van der Waals surface area contributed by atoms with Gasteiger partial charge in [-0.1, -0.05) is 31.7 Å². The summed E-state index contributed by atoms with van der Waals surface area (Å²) < 4.78 is 0. The van der Waals surface area contributed by atoms with Crippen molar-refractivity contribution in [1.29, 1.82) is 0 Å². The van der Waals surface area contributed by atoms with Crippen molar-refractivity contribution in [3.8, 4) is 11.4 Å². The molecule has 0 radical (unpaired) electrons. The highest BCUT2D eigenvalue weighted by atomic mass is 32.2. The SMILES string of the molecule is CSc1ccc(C(CC2CCCC2)c2ccc(-c3ccc(C(O)CO)cn3)[nH]2)nc1. The van der Waals surface area contributed by atoms with Crippen molar-refractivity contribution in [2.45, 2.75) is 49.0 Å². The Kier molecular flexibility index (Phi) is 6.87. The van der Waals surface area contributed by atoms with Gasteiger partial charge < -0.3 is 15.2 Å². The van der Waals surface area contributed by atoms with E-state index in [-0.39, 0.29) is 12.5 Å². The molecule has 1 aliphatic carbocycles. The Morgan fingerprint density at radius 1 is 1.07 bits per heavy atom. The Bertz CT molecular complexity index is 934. The molecule has 1 aliphatic rings. The summed E-state index contributed by atoms with van der Waals surface area (Å²) in [5, 5.41) is 18.9. The molecule has 6 heteroatoms. The van der Waals surface area contributed by atoms with Crippen molar-refractivity contribution in [2.24, 2.45) is 5.92 Å². The quantitative estimate of drug-likeness (QED) is 0.448. The van der Waals surface area contributed by atoms with Gasteiger partial charge in [0.15, 0.2) is 0 Å². The number of hydrogen-bond acceptors (Lipinski definition) is 5. The van der Waals surface area contributed by atoms with Crippen LogP contribution in [0.5, 0.6) is 0 Å². The van der Waals surface area contributed by atoms with E-state index < -0.39 is 6.10 Å². The molecule has 5 nitrogen and oxygen atoms in total. The Morgan fingerprint density at radius 2 is 1.90 bits per heavy atom. The highest BCUT2D eigenvalue weighted by molar-refractivity contribution is 7.98. The topological polar surface area (TPSA) is 82.0 Å². The third-order valence-corrected chi connectivity index (χ3v) is 6.81. The molecule has 1 saturated carbocycles. The molecule has 4 rings (SSSR count). The molecule has 2 atom stereocenters. The molecule has 3 aromatic rings. The maximum atomic E-state index is 9.76. The van der Waals surface area contributed by atoms with E-state index in [0.717, 1.165) is 29.4 Å². The summed E-state index contributed by atoms with van der Waals surface area (Å²) in [4.78, 5) is 14.0. The number of rotatable bonds is 8. The number of nitrogens with one attached hydrogen (secondary N) is 1. The lowest BCUT2D eigenvalue weighted by molar-refractivity contribution is 0.0953. The second-order valence-corrected chi connectivity index (χ2v) is 8.94. The summed E-state index contributed by atoms with van der Waals surface area (Å²) in [5.41, 5.74) is 4.67. The zero-order valence-electron chi connectivity index (χ0n) is 17.3. The minimum Gasteiger partial charge on any atom is -0.393 e. The van der Waals surface area contributed by atoms with Crippen LogP contribution in [0.3, 0.4) is 0 Å². The average Bonchev–Trinajstić information content (AvgIpc) is 3.49. The molecule has 3 heterocycles. The van der Waals surface area contributed by atoms with Crippen LogP contribution in [0.25, 0.3) is 11.4 Å². The number of pyridine rings is 2. The number of nitrogens with zero attached hydrogens (tertiary/aromatic N) is 2. The van der Waals surface area contributed by atoms with Crippen LogP contribution in [-0.2, 0) is 0 Å². The molecule has 1 fully saturated rings. The second kappa shape index (κ2) is 9.77. The normalized spacial score (nSPS) is 16.6. The largest absolute Gasteiger partial charge is 0.393 e. The molecule has 158 valence electrons. The van der Waals surface area contributed by atoms with Crippen molar-refractivity contribution in [3.05, 3.63) is 65.7 Å². The van der Waals surface area contributed by atoms with Gasteiger partial charge in [0.2, 0.25) is 0 Å². The second-order valence-electron chi connectivity index (χ2n) is 8.06. The van der Waals surface area contributed by atoms with Crippen molar-refractivity contribution >= 4 is 11.8 Å². The van der Waals surface area contributed by atoms with Gasteiger partial charge >= 0.3 is 0 Å². The monoisotopic (exact) mass is 423 g/mol. The van der Waals surface area contributed by atoms with E-state index in [0.29, 0.717) is 5.56 Å². The van der Waals surface area contributed by atoms with E-state index in [2.05, 4.69) is 40.5 Å². The Balaban J connectivity index is 1.60. The Labute approximate surface area is 182 Å². The van der Waals surface area contributed by atoms with Crippen LogP contribution in [0, 0.1) is 5.92 Å². The first kappa shape index (κ1) is 21.1. The van der Waals surface area contributed by atoms with Gasteiger partial charge in [0.05, 0.1) is 18.0 Å². The maximum absolute atomic E-state index is 9.76. The minimum atomic E-state index is -0.892. The molecule has 0 spiro atoms. The van der Waals surface area contributed by atoms with Crippen molar-refractivity contribution in [1.82, 2.24) is 15.0 Å². The number of aliphatic hydroxyl groups excluding tert-OH is 2. The molecule has 0 bridgehead atoms. The van der Waals surface area contributed by atoms with Gasteiger partial charge in [-0.2, -0.15) is 0 Å². The molecule has 2 unspecified atom stereocenters. The van der Waals surface area contributed by atoms with Gasteiger partial charge in [-0.05, 0) is 48.9 Å². The van der Waals surface area contributed by atoms with Crippen LogP contribution in [0.1, 0.15) is 61.1 Å². The van der Waals surface area contributed by atoms with E-state index >= 15 is 0 Å². The predicted molar refractivity (Wildman–Crippen MR) is 121 cm³/mol. The van der Waals surface area contributed by atoms with E-state index in [1.165, 1.54) is 36.3 Å². The third-order valence-electron chi connectivity index (χ3n) is 6.10. The fraction of sp³-hybridized carbons (Fsp3) is 0.417. The van der Waals surface area contributed by atoms with Gasteiger partial charge in [0.25, 0.3) is 0 Å². The maximum Gasteiger partial charge on any atom is 0.104 e. The number of thioether (sulfide) groups is 1. The fourth-order valence-electron chi connectivity index (χ4n) is 4.34. The number of aromatic nitrogens is 3. The first-order chi connectivity index (χ1) is 14.7. The smallest absolute Gasteiger partial charge is 0.104 e. The fourth-order valence-corrected chi connectivity index (χ4v) is 4.70. The highest BCUT2D eigenvalue weighted by Crippen LogP contribution is 2.37. The first-order valence-corrected chi connectivity index (χ1v) is 11.8. The lowest BCUT2D eigenvalue weighted by atomic mass is 9.88. The van der Waals surface area contributed by atoms with Crippen LogP contribution in [0.2, 0.25) is 0 Å². The van der Waals surface area contributed by atoms with Gasteiger partial charge in [-0.3, -0.25) is 9.97 Å². The molecule has 3 aromatic heterocycles. The van der Waals surface area contributed by atoms with E-state index in [4.69, 9.17) is 10.1 Å². The van der Waals surface area contributed by atoms with Gasteiger partial charge in [-0.25, -0.2) is 0 Å². The summed E-state index contributed by atoms with van der Waals surface area (Å²) >= 11 is 1.71. The van der Waals surface area contributed by atoms with Crippen molar-refractivity contribution in [2.75, 3.05) is 12.9 Å². The van der Waals surface area contributed by atoms with Crippen LogP contribution < -0.4 is 0 Å². The number of hydrogen-bond donors (Lipinski definition) is 3. The first-order valence-electron chi connectivity index (χ1n) is 10.6. The van der Waals surface area contributed by atoms with Crippen LogP contribution in [-0.4, -0.2) is 38.0 Å². The predicted octanol–water partition coefficient (Wildman–Crippen LogP) is 4.93. The number of H-pyrrole nitrogens is 1. The number of aromatic amines is 1. The Hall–Kier alpha value is -2.15. The van der Waals surface area contributed by atoms with E-state index in [1.807, 2.05) is 18.3 Å². The molecule has 0 amide bonds. The van der Waals surface area contributed by atoms with Crippen LogP contribution >= 0.6 is 11.8 Å². The molecule has 0 aliphatic heterocycles. The molecule has 0 aromatic carbocycles. The van der Waals surface area contributed by atoms with Crippen molar-refractivity contribution < 1.29 is 10.2 Å². The lowest BCUT2D eigenvalue weighted by Crippen LogP contribution is -2.09. The molecular formula is C24H29N3O2S. The van der Waals surface area contributed by atoms with Crippen LogP contribution in [0.4, 0.5) is 0 Å². The van der Waals surface area contributed by atoms with Gasteiger partial charge in [0, 0.05) is 40.2 Å². The van der Waals surface area contributed by atoms with Gasteiger partial charge in [0.1, 0.15) is 6.10 Å². The minimum absolute atomic E-state index is 0.244. The van der Waals surface area contributed by atoms with E-state index in [9.17, 15) is 5.11 Å². The summed E-state index contributed by atoms with van der Waals surface area (Å²) in [7, 11) is 0. The molecule has 30 heavy (non-hydrogen) atoms. The zero-order valence-corrected chi connectivity index (χ0v) is 18.1. The van der Waals surface area contributed by atoms with E-state index in [1.54, 1.807) is 18.0 Å². The van der Waals surface area contributed by atoms with Gasteiger partial charge in [-0.15, -0.1) is 11.8 Å². The molecule has 0 saturated heterocycles. The average molecular weight is 424 g/mol. The van der Waals surface area contributed by atoms with Crippen LogP contribution in [0.15, 0.2) is 53.7 Å². The lowest BCUT2D eigenvalue weighted by Gasteiger charge is -2.20. The molecular weight excluding hydrogens is 394 g/mol. The summed E-state index contributed by atoms with van der Waals surface area (Å²) in [6.45, 7) is -0.307. The standard InChI is InChI=1S/C24H29N3O2S/c1-30-18-7-9-20(26-14-18)19(12-16-4-2-3-5-16)21-10-11-23(27-21)22-8-6-17(13-25-22)24(29)15-28/h6-11,13-14,16,19,24,27-29H,2-5,12,15H2,1H3. The third kappa shape index (κ3) is 4.77. The highest BCUT2D eigenvalue weighted by Gasteiger charge is 2.25. The number of aliphatic hydroxyl groups is 2. The summed E-state index contributed by atoms with van der Waals surface area (Å²) in [6.07, 6.45) is 11.2. The Morgan fingerprint density at radius 3 is 2.53 bits per heavy atom. The van der Waals surface area contributed by atoms with Crippen molar-refractivity contribution in [3.63, 3.8) is 0 Å². The zero-order chi connectivity index (χ0) is 20.9. The molecule has 3 N–H and O–H groups in total. The summed E-state index contributed by atoms with van der Waals surface area (Å²) in [5.74, 6) is 0.995.